The van der Waals surface area contributed by atoms with Crippen LogP contribution >= 0.6 is 0 Å². The molecule has 2 unspecified atom stereocenters. The van der Waals surface area contributed by atoms with Gasteiger partial charge < -0.3 is 15.5 Å². The Morgan fingerprint density at radius 3 is 1.16 bits per heavy atom. The van der Waals surface area contributed by atoms with Crippen molar-refractivity contribution < 1.29 is 15.0 Å². The highest BCUT2D eigenvalue weighted by Crippen LogP contribution is 2.08. The first kappa shape index (κ1) is 52.3. The number of allylic oxidation sites excluding steroid dienone is 23. The average Bonchev–Trinajstić information content (AvgIpc) is 3.20. The molecule has 0 fully saturated rings. The Hall–Kier alpha value is -3.73. The van der Waals surface area contributed by atoms with Gasteiger partial charge in [-0.25, -0.2) is 0 Å². The Balaban J connectivity index is 3.74. The normalized spacial score (nSPS) is 14.4. The van der Waals surface area contributed by atoms with Crippen LogP contribution in [0.2, 0.25) is 0 Å². The lowest BCUT2D eigenvalue weighted by Gasteiger charge is -2.19. The van der Waals surface area contributed by atoms with Crippen molar-refractivity contribution in [2.24, 2.45) is 0 Å². The molecule has 0 aromatic rings. The molecule has 1 amide bonds. The third kappa shape index (κ3) is 41.4. The van der Waals surface area contributed by atoms with E-state index >= 15 is 0 Å². The van der Waals surface area contributed by atoms with Crippen molar-refractivity contribution in [3.05, 3.63) is 146 Å². The number of aliphatic hydroxyl groups is 2. The van der Waals surface area contributed by atoms with Crippen molar-refractivity contribution >= 4 is 5.91 Å². The maximum Gasteiger partial charge on any atom is 0.220 e. The Kier molecular flexibility index (Phi) is 42.6. The molecule has 0 aliphatic heterocycles. The molecule has 0 heterocycles. The molecule has 0 aliphatic rings. The molecule has 0 rings (SSSR count). The summed E-state index contributed by atoms with van der Waals surface area (Å²) in [5.41, 5.74) is 0. The van der Waals surface area contributed by atoms with Crippen molar-refractivity contribution in [3.63, 3.8) is 0 Å². The number of carbonyl (C=O) groups excluding carboxylic acids is 1. The molecular weight excluding hydrogens is 687 g/mol. The number of aliphatic hydroxyl groups excluding tert-OH is 2. The summed E-state index contributed by atoms with van der Waals surface area (Å²) in [5, 5.41) is 22.7. The standard InChI is InChI=1S/C52H81NO3/c1-3-5-7-9-11-12-13-14-15-16-17-18-19-20-21-22-23-24-25-26-27-28-29-30-31-32-33-34-35-36-37-38-39-40-42-44-46-48-52(56)53-50(49-54)51(55)47-45-43-41-10-8-6-4-2/h5,7,11-12,14-15,17-18,20-21,23-24,26-27,29-30,32-33,35-36,38-39,45,47,50-51,54-55H,3-4,6,8-10,13,16,19,22,25,28,31,34,37,40-44,46,48-49H2,1-2H3,(H,53,56)/b7-5-,12-11-,15-14-,18-17-,21-20-,24-23-,27-26-,30-29-,33-32-,36-35-,39-38-,47-45+. The summed E-state index contributed by atoms with van der Waals surface area (Å²) in [5.74, 6) is -0.109. The molecule has 4 heteroatoms. The van der Waals surface area contributed by atoms with E-state index < -0.39 is 12.1 Å². The molecular formula is C52H81NO3. The van der Waals surface area contributed by atoms with Gasteiger partial charge in [0.1, 0.15) is 0 Å². The minimum Gasteiger partial charge on any atom is -0.394 e. The number of nitrogens with one attached hydrogen (secondary N) is 1. The van der Waals surface area contributed by atoms with Gasteiger partial charge in [-0.15, -0.1) is 0 Å². The first-order valence-corrected chi connectivity index (χ1v) is 22.0. The van der Waals surface area contributed by atoms with E-state index in [2.05, 4.69) is 153 Å². The lowest BCUT2D eigenvalue weighted by Crippen LogP contribution is -2.45. The molecule has 0 aromatic heterocycles. The Morgan fingerprint density at radius 2 is 0.786 bits per heavy atom. The summed E-state index contributed by atoms with van der Waals surface area (Å²) in [6, 6.07) is -0.647. The second-order valence-electron chi connectivity index (χ2n) is 14.0. The van der Waals surface area contributed by atoms with E-state index in [4.69, 9.17) is 0 Å². The van der Waals surface area contributed by atoms with Crippen molar-refractivity contribution in [1.29, 1.82) is 0 Å². The minimum absolute atomic E-state index is 0.109. The third-order valence-corrected chi connectivity index (χ3v) is 8.83. The number of rotatable bonds is 37. The maximum absolute atomic E-state index is 12.3. The van der Waals surface area contributed by atoms with Crippen LogP contribution in [-0.2, 0) is 4.79 Å². The van der Waals surface area contributed by atoms with Crippen molar-refractivity contribution in [2.45, 2.75) is 167 Å². The SMILES string of the molecule is CC/C=C\C/C=C\C/C=C\C/C=C\C/C=C\C/C=C\C/C=C\C/C=C\C/C=C\C/C=C\C/C=C\CCCCCC(=O)NC(CO)C(O)/C=C/CCCCCCC. The fraction of sp³-hybridized carbons (Fsp3) is 0.519. The molecule has 56 heavy (non-hydrogen) atoms. The zero-order valence-corrected chi connectivity index (χ0v) is 35.6. The van der Waals surface area contributed by atoms with E-state index in [9.17, 15) is 15.0 Å². The summed E-state index contributed by atoms with van der Waals surface area (Å²) >= 11 is 0. The van der Waals surface area contributed by atoms with Gasteiger partial charge >= 0.3 is 0 Å². The smallest absolute Gasteiger partial charge is 0.220 e. The van der Waals surface area contributed by atoms with E-state index in [0.717, 1.165) is 109 Å². The molecule has 312 valence electrons. The molecule has 0 aliphatic carbocycles. The molecule has 0 spiro atoms. The van der Waals surface area contributed by atoms with E-state index in [0.29, 0.717) is 6.42 Å². The predicted molar refractivity (Wildman–Crippen MR) is 248 cm³/mol. The van der Waals surface area contributed by atoms with Crippen LogP contribution in [0.15, 0.2) is 146 Å². The number of carbonyl (C=O) groups is 1. The number of hydrogen-bond acceptors (Lipinski definition) is 3. The number of hydrogen-bond donors (Lipinski definition) is 3. The van der Waals surface area contributed by atoms with E-state index in [1.165, 1.54) is 25.7 Å². The van der Waals surface area contributed by atoms with Gasteiger partial charge in [0.2, 0.25) is 5.91 Å². The van der Waals surface area contributed by atoms with Gasteiger partial charge in [-0.2, -0.15) is 0 Å². The van der Waals surface area contributed by atoms with Crippen LogP contribution in [-0.4, -0.2) is 34.9 Å². The largest absolute Gasteiger partial charge is 0.394 e. The van der Waals surface area contributed by atoms with Crippen molar-refractivity contribution in [1.82, 2.24) is 5.32 Å². The van der Waals surface area contributed by atoms with Crippen LogP contribution in [0, 0.1) is 0 Å². The second kappa shape index (κ2) is 45.7. The van der Waals surface area contributed by atoms with Gasteiger partial charge in [-0.3, -0.25) is 4.79 Å². The van der Waals surface area contributed by atoms with Crippen molar-refractivity contribution in [2.75, 3.05) is 6.61 Å². The monoisotopic (exact) mass is 768 g/mol. The summed E-state index contributed by atoms with van der Waals surface area (Å²) in [4.78, 5) is 12.3. The molecule has 0 aromatic carbocycles. The highest BCUT2D eigenvalue weighted by molar-refractivity contribution is 5.76. The Morgan fingerprint density at radius 1 is 0.446 bits per heavy atom. The van der Waals surface area contributed by atoms with Gasteiger partial charge in [0, 0.05) is 6.42 Å². The van der Waals surface area contributed by atoms with Crippen LogP contribution in [0.4, 0.5) is 0 Å². The second-order valence-corrected chi connectivity index (χ2v) is 14.0. The van der Waals surface area contributed by atoms with E-state index in [-0.39, 0.29) is 12.5 Å². The van der Waals surface area contributed by atoms with Gasteiger partial charge in [0.25, 0.3) is 0 Å². The van der Waals surface area contributed by atoms with Gasteiger partial charge in [-0.05, 0) is 103 Å². The van der Waals surface area contributed by atoms with Gasteiger partial charge in [-0.1, -0.05) is 192 Å². The zero-order valence-electron chi connectivity index (χ0n) is 35.6. The summed E-state index contributed by atoms with van der Waals surface area (Å²) in [7, 11) is 0. The van der Waals surface area contributed by atoms with E-state index in [1.54, 1.807) is 6.08 Å². The topological polar surface area (TPSA) is 69.6 Å². The van der Waals surface area contributed by atoms with Gasteiger partial charge in [0.05, 0.1) is 18.8 Å². The van der Waals surface area contributed by atoms with Crippen molar-refractivity contribution in [3.8, 4) is 0 Å². The lowest BCUT2D eigenvalue weighted by atomic mass is 10.1. The van der Waals surface area contributed by atoms with Crippen LogP contribution in [0.5, 0.6) is 0 Å². The summed E-state index contributed by atoms with van der Waals surface area (Å²) in [6.45, 7) is 4.09. The molecule has 0 bridgehead atoms. The van der Waals surface area contributed by atoms with Crippen LogP contribution in [0.3, 0.4) is 0 Å². The fourth-order valence-corrected chi connectivity index (χ4v) is 5.47. The van der Waals surface area contributed by atoms with E-state index in [1.807, 2.05) is 6.08 Å². The predicted octanol–water partition coefficient (Wildman–Crippen LogP) is 14.1. The molecule has 0 radical (unpaired) electrons. The average molecular weight is 768 g/mol. The molecule has 0 saturated heterocycles. The highest BCUT2D eigenvalue weighted by atomic mass is 16.3. The summed E-state index contributed by atoms with van der Waals surface area (Å²) in [6.07, 6.45) is 74.0. The molecule has 4 nitrogen and oxygen atoms in total. The Bertz CT molecular complexity index is 1240. The molecule has 0 saturated carbocycles. The summed E-state index contributed by atoms with van der Waals surface area (Å²) < 4.78 is 0. The zero-order chi connectivity index (χ0) is 40.7. The maximum atomic E-state index is 12.3. The minimum atomic E-state index is -0.860. The number of amides is 1. The number of unbranched alkanes of at least 4 members (excludes halogenated alkanes) is 8. The van der Waals surface area contributed by atoms with Crippen LogP contribution in [0.1, 0.15) is 155 Å². The molecule has 2 atom stereocenters. The quantitative estimate of drug-likeness (QED) is 0.0435. The molecule has 3 N–H and O–H groups in total. The fourth-order valence-electron chi connectivity index (χ4n) is 5.47. The highest BCUT2D eigenvalue weighted by Gasteiger charge is 2.17. The third-order valence-electron chi connectivity index (χ3n) is 8.83. The van der Waals surface area contributed by atoms with Gasteiger partial charge in [0.15, 0.2) is 0 Å². The Labute approximate surface area is 344 Å². The first-order valence-electron chi connectivity index (χ1n) is 22.0. The first-order chi connectivity index (χ1) is 27.7. The lowest BCUT2D eigenvalue weighted by molar-refractivity contribution is -0.123. The van der Waals surface area contributed by atoms with Crippen LogP contribution in [0.25, 0.3) is 0 Å². The van der Waals surface area contributed by atoms with Crippen LogP contribution < -0.4 is 5.32 Å².